The van der Waals surface area contributed by atoms with E-state index < -0.39 is 5.91 Å². The number of nitrogens with one attached hydrogen (secondary N) is 1. The molecular weight excluding hydrogens is 302 g/mol. The van der Waals surface area contributed by atoms with Gasteiger partial charge in [0.2, 0.25) is 0 Å². The Morgan fingerprint density at radius 1 is 1.42 bits per heavy atom. The van der Waals surface area contributed by atoms with Crippen LogP contribution in [-0.2, 0) is 0 Å². The number of fused-ring (bicyclic) bond motifs is 1. The molecule has 4 rings (SSSR count). The second-order valence-corrected chi connectivity index (χ2v) is 6.34. The molecule has 3 aromatic rings. The number of hydrogen-bond acceptors (Lipinski definition) is 4. The fraction of sp³-hybridized carbons (Fsp3) is 0.278. The van der Waals surface area contributed by atoms with Crippen LogP contribution < -0.4 is 11.1 Å². The van der Waals surface area contributed by atoms with Crippen molar-refractivity contribution >= 4 is 17.1 Å². The van der Waals surface area contributed by atoms with Gasteiger partial charge in [-0.05, 0) is 43.9 Å². The average Bonchev–Trinajstić information content (AvgIpc) is 3.34. The van der Waals surface area contributed by atoms with Crippen LogP contribution in [0.25, 0.3) is 16.8 Å². The van der Waals surface area contributed by atoms with Crippen LogP contribution in [0.4, 0.5) is 5.69 Å². The molecule has 0 bridgehead atoms. The van der Waals surface area contributed by atoms with Crippen molar-refractivity contribution in [1.82, 2.24) is 14.6 Å². The molecule has 0 spiro atoms. The number of pyridine rings is 1. The summed E-state index contributed by atoms with van der Waals surface area (Å²) < 4.78 is 1.76. The summed E-state index contributed by atoms with van der Waals surface area (Å²) >= 11 is 0. The van der Waals surface area contributed by atoms with Crippen molar-refractivity contribution in [3.05, 3.63) is 48.4 Å². The van der Waals surface area contributed by atoms with Gasteiger partial charge in [-0.25, -0.2) is 4.52 Å². The maximum absolute atomic E-state index is 11.8. The van der Waals surface area contributed by atoms with Gasteiger partial charge in [0.15, 0.2) is 0 Å². The number of hydrogen-bond donors (Lipinski definition) is 2. The normalized spacial score (nSPS) is 15.4. The van der Waals surface area contributed by atoms with E-state index in [1.54, 1.807) is 10.7 Å². The molecule has 122 valence electrons. The molecule has 1 amide bonds. The minimum atomic E-state index is -0.476. The van der Waals surface area contributed by atoms with Crippen LogP contribution in [0.5, 0.6) is 0 Å². The Kier molecular flexibility index (Phi) is 3.45. The Bertz CT molecular complexity index is 898. The Hall–Kier alpha value is -2.89. The van der Waals surface area contributed by atoms with E-state index in [0.29, 0.717) is 17.5 Å². The van der Waals surface area contributed by atoms with Gasteiger partial charge >= 0.3 is 0 Å². The Labute approximate surface area is 139 Å². The molecule has 3 aromatic heterocycles. The number of nitrogens with zero attached hydrogens (tertiary/aromatic N) is 3. The van der Waals surface area contributed by atoms with E-state index in [2.05, 4.69) is 22.3 Å². The Morgan fingerprint density at radius 2 is 2.25 bits per heavy atom. The van der Waals surface area contributed by atoms with Crippen LogP contribution in [0, 0.1) is 5.92 Å². The van der Waals surface area contributed by atoms with Crippen LogP contribution in [-0.4, -0.2) is 26.5 Å². The molecule has 1 aliphatic rings. The first kappa shape index (κ1) is 14.7. The molecule has 1 saturated carbocycles. The number of anilines is 1. The number of aromatic nitrogens is 3. The standard InChI is InChI=1S/C18H19N5O/c1-11(12-5-6-12)22-17-14(18(19)24)9-21-23-10-13(8-16(17)23)15-4-2-3-7-20-15/h2-4,7-12,22H,5-6H2,1H3,(H2,19,24). The maximum atomic E-state index is 11.8. The van der Waals surface area contributed by atoms with E-state index in [0.717, 1.165) is 22.5 Å². The molecule has 0 saturated heterocycles. The van der Waals surface area contributed by atoms with Crippen molar-refractivity contribution in [2.24, 2.45) is 11.7 Å². The molecule has 1 unspecified atom stereocenters. The zero-order valence-corrected chi connectivity index (χ0v) is 13.4. The molecule has 6 heteroatoms. The summed E-state index contributed by atoms with van der Waals surface area (Å²) in [5, 5.41) is 7.80. The molecule has 1 atom stereocenters. The Balaban J connectivity index is 1.84. The summed E-state index contributed by atoms with van der Waals surface area (Å²) in [6, 6.07) is 8.06. The molecule has 0 aliphatic heterocycles. The monoisotopic (exact) mass is 321 g/mol. The predicted octanol–water partition coefficient (Wildman–Crippen LogP) is 2.71. The minimum absolute atomic E-state index is 0.294. The number of rotatable bonds is 5. The lowest BCUT2D eigenvalue weighted by Crippen LogP contribution is -2.22. The maximum Gasteiger partial charge on any atom is 0.252 e. The number of carbonyl (C=O) groups is 1. The molecule has 3 N–H and O–H groups in total. The SMILES string of the molecule is CC(Nc1c(C(N)=O)cnn2cc(-c3ccccn3)cc12)C1CC1. The van der Waals surface area contributed by atoms with E-state index in [4.69, 9.17) is 5.73 Å². The fourth-order valence-corrected chi connectivity index (χ4v) is 3.01. The lowest BCUT2D eigenvalue weighted by atomic mass is 10.1. The van der Waals surface area contributed by atoms with E-state index in [1.165, 1.54) is 19.0 Å². The van der Waals surface area contributed by atoms with Crippen LogP contribution >= 0.6 is 0 Å². The molecule has 3 heterocycles. The van der Waals surface area contributed by atoms with Crippen LogP contribution in [0.1, 0.15) is 30.1 Å². The molecule has 0 aromatic carbocycles. The molecule has 1 fully saturated rings. The van der Waals surface area contributed by atoms with Crippen molar-refractivity contribution in [2.45, 2.75) is 25.8 Å². The number of nitrogens with two attached hydrogens (primary N) is 1. The first-order valence-electron chi connectivity index (χ1n) is 8.12. The lowest BCUT2D eigenvalue weighted by Gasteiger charge is -2.17. The summed E-state index contributed by atoms with van der Waals surface area (Å²) in [5.74, 6) is 0.181. The van der Waals surface area contributed by atoms with Gasteiger partial charge in [0.1, 0.15) is 0 Å². The van der Waals surface area contributed by atoms with Gasteiger partial charge in [0.05, 0.1) is 28.7 Å². The fourth-order valence-electron chi connectivity index (χ4n) is 3.01. The van der Waals surface area contributed by atoms with Crippen molar-refractivity contribution in [2.75, 3.05) is 5.32 Å². The first-order valence-corrected chi connectivity index (χ1v) is 8.12. The van der Waals surface area contributed by atoms with Gasteiger partial charge in [-0.15, -0.1) is 0 Å². The molecular formula is C18H19N5O. The molecule has 0 radical (unpaired) electrons. The molecule has 1 aliphatic carbocycles. The third-order valence-electron chi connectivity index (χ3n) is 4.56. The van der Waals surface area contributed by atoms with E-state index in [1.807, 2.05) is 30.5 Å². The van der Waals surface area contributed by atoms with Crippen molar-refractivity contribution in [3.63, 3.8) is 0 Å². The van der Waals surface area contributed by atoms with Crippen molar-refractivity contribution < 1.29 is 4.79 Å². The van der Waals surface area contributed by atoms with E-state index in [-0.39, 0.29) is 0 Å². The molecule has 6 nitrogen and oxygen atoms in total. The van der Waals surface area contributed by atoms with Gasteiger partial charge in [-0.3, -0.25) is 9.78 Å². The second-order valence-electron chi connectivity index (χ2n) is 6.34. The van der Waals surface area contributed by atoms with Gasteiger partial charge in [0, 0.05) is 24.0 Å². The summed E-state index contributed by atoms with van der Waals surface area (Å²) in [7, 11) is 0. The van der Waals surface area contributed by atoms with E-state index >= 15 is 0 Å². The highest BCUT2D eigenvalue weighted by atomic mass is 16.1. The van der Waals surface area contributed by atoms with Gasteiger partial charge < -0.3 is 11.1 Å². The number of amides is 1. The van der Waals surface area contributed by atoms with Crippen LogP contribution in [0.3, 0.4) is 0 Å². The quantitative estimate of drug-likeness (QED) is 0.756. The minimum Gasteiger partial charge on any atom is -0.380 e. The highest BCUT2D eigenvalue weighted by Crippen LogP contribution is 2.36. The highest BCUT2D eigenvalue weighted by molar-refractivity contribution is 6.02. The van der Waals surface area contributed by atoms with Gasteiger partial charge in [-0.1, -0.05) is 6.07 Å². The summed E-state index contributed by atoms with van der Waals surface area (Å²) in [6.07, 6.45) is 7.65. The highest BCUT2D eigenvalue weighted by Gasteiger charge is 2.29. The summed E-state index contributed by atoms with van der Waals surface area (Å²) in [6.45, 7) is 2.14. The average molecular weight is 321 g/mol. The third-order valence-corrected chi connectivity index (χ3v) is 4.56. The zero-order valence-electron chi connectivity index (χ0n) is 13.4. The number of primary amides is 1. The number of carbonyl (C=O) groups excluding carboxylic acids is 1. The van der Waals surface area contributed by atoms with Crippen molar-refractivity contribution in [1.29, 1.82) is 0 Å². The first-order chi connectivity index (χ1) is 11.6. The van der Waals surface area contributed by atoms with E-state index in [9.17, 15) is 4.79 Å². The Morgan fingerprint density at radius 3 is 2.92 bits per heavy atom. The van der Waals surface area contributed by atoms with Gasteiger partial charge in [-0.2, -0.15) is 5.10 Å². The van der Waals surface area contributed by atoms with Crippen LogP contribution in [0.2, 0.25) is 0 Å². The third kappa shape index (κ3) is 2.60. The predicted molar refractivity (Wildman–Crippen MR) is 92.7 cm³/mol. The van der Waals surface area contributed by atoms with Gasteiger partial charge in [0.25, 0.3) is 5.91 Å². The summed E-state index contributed by atoms with van der Waals surface area (Å²) in [4.78, 5) is 16.2. The van der Waals surface area contributed by atoms with Crippen molar-refractivity contribution in [3.8, 4) is 11.3 Å². The summed E-state index contributed by atoms with van der Waals surface area (Å²) in [5.41, 5.74) is 9.37. The lowest BCUT2D eigenvalue weighted by molar-refractivity contribution is 0.100. The second kappa shape index (κ2) is 5.63. The smallest absolute Gasteiger partial charge is 0.252 e. The largest absolute Gasteiger partial charge is 0.380 e. The topological polar surface area (TPSA) is 85.3 Å². The van der Waals surface area contributed by atoms with Crippen LogP contribution in [0.15, 0.2) is 42.9 Å². The zero-order chi connectivity index (χ0) is 16.7. The molecule has 24 heavy (non-hydrogen) atoms.